The van der Waals surface area contributed by atoms with E-state index in [1.165, 1.54) is 0 Å². The molecule has 0 saturated heterocycles. The molecule has 0 aromatic carbocycles. The molecule has 16 heavy (non-hydrogen) atoms. The molecule has 0 amide bonds. The van der Waals surface area contributed by atoms with E-state index in [1.54, 1.807) is 0 Å². The van der Waals surface area contributed by atoms with Crippen molar-refractivity contribution in [2.24, 2.45) is 5.73 Å². The van der Waals surface area contributed by atoms with Crippen molar-refractivity contribution in [3.8, 4) is 0 Å². The Kier molecular flexibility index (Phi) is 5.42. The fourth-order valence-electron chi connectivity index (χ4n) is 1.44. The van der Waals surface area contributed by atoms with Crippen LogP contribution in [0.3, 0.4) is 0 Å². The van der Waals surface area contributed by atoms with E-state index in [0.717, 1.165) is 24.4 Å². The lowest BCUT2D eigenvalue weighted by Gasteiger charge is -2.11. The molecule has 0 radical (unpaired) electrons. The molecule has 0 aliphatic rings. The number of aromatic nitrogens is 2. The Morgan fingerprint density at radius 1 is 1.62 bits per heavy atom. The monoisotopic (exact) mass is 241 g/mol. The Hall–Kier alpha value is -0.940. The second-order valence-corrected chi connectivity index (χ2v) is 4.07. The first-order chi connectivity index (χ1) is 7.67. The van der Waals surface area contributed by atoms with Crippen LogP contribution < -0.4 is 5.73 Å². The maximum absolute atomic E-state index is 5.90. The van der Waals surface area contributed by atoms with Gasteiger partial charge in [0.15, 0.2) is 5.05 Å². The molecule has 1 rings (SSSR count). The lowest BCUT2D eigenvalue weighted by molar-refractivity contribution is 0.321. The van der Waals surface area contributed by atoms with Crippen molar-refractivity contribution in [1.29, 1.82) is 0 Å². The van der Waals surface area contributed by atoms with Gasteiger partial charge in [-0.15, -0.1) is 0 Å². The molecule has 0 aliphatic heterocycles. The van der Waals surface area contributed by atoms with Crippen molar-refractivity contribution in [2.45, 2.75) is 39.2 Å². The van der Waals surface area contributed by atoms with Gasteiger partial charge in [0.25, 0.3) is 0 Å². The van der Waals surface area contributed by atoms with E-state index >= 15 is 0 Å². The van der Waals surface area contributed by atoms with Gasteiger partial charge in [-0.05, 0) is 25.6 Å². The third kappa shape index (κ3) is 3.90. The van der Waals surface area contributed by atoms with Crippen LogP contribution in [0.15, 0.2) is 6.20 Å². The van der Waals surface area contributed by atoms with Gasteiger partial charge in [0.1, 0.15) is 5.82 Å². The zero-order valence-electron chi connectivity index (χ0n) is 9.82. The van der Waals surface area contributed by atoms with E-state index in [9.17, 15) is 0 Å². The van der Waals surface area contributed by atoms with Crippen molar-refractivity contribution in [2.75, 3.05) is 6.61 Å². The SMILES string of the molecule is CCCc1ncc(C[C@H](N)C(=S)OCC)[nH]1. The molecule has 1 aromatic heterocycles. The van der Waals surface area contributed by atoms with Crippen molar-refractivity contribution in [3.63, 3.8) is 0 Å². The van der Waals surface area contributed by atoms with E-state index < -0.39 is 0 Å². The van der Waals surface area contributed by atoms with Crippen LogP contribution in [0.2, 0.25) is 0 Å². The van der Waals surface area contributed by atoms with E-state index in [1.807, 2.05) is 13.1 Å². The molecule has 0 unspecified atom stereocenters. The van der Waals surface area contributed by atoms with Gasteiger partial charge in [-0.2, -0.15) is 0 Å². The molecule has 3 N–H and O–H groups in total. The summed E-state index contributed by atoms with van der Waals surface area (Å²) < 4.78 is 5.20. The molecule has 4 nitrogen and oxygen atoms in total. The number of ether oxygens (including phenoxy) is 1. The first kappa shape index (κ1) is 13.1. The predicted molar refractivity (Wildman–Crippen MR) is 68.5 cm³/mol. The van der Waals surface area contributed by atoms with E-state index in [0.29, 0.717) is 18.1 Å². The van der Waals surface area contributed by atoms with Crippen LogP contribution in [0.25, 0.3) is 0 Å². The number of hydrogen-bond donors (Lipinski definition) is 2. The fraction of sp³-hybridized carbons (Fsp3) is 0.636. The fourth-order valence-corrected chi connectivity index (χ4v) is 1.64. The lowest BCUT2D eigenvalue weighted by Crippen LogP contribution is -2.33. The van der Waals surface area contributed by atoms with E-state index in [2.05, 4.69) is 16.9 Å². The minimum Gasteiger partial charge on any atom is -0.486 e. The first-order valence-corrected chi connectivity index (χ1v) is 6.03. The molecule has 1 aromatic rings. The Bertz CT molecular complexity index is 338. The van der Waals surface area contributed by atoms with Crippen molar-refractivity contribution in [1.82, 2.24) is 9.97 Å². The highest BCUT2D eigenvalue weighted by Gasteiger charge is 2.12. The molecule has 0 bridgehead atoms. The summed E-state index contributed by atoms with van der Waals surface area (Å²) in [5, 5.41) is 0.467. The molecule has 1 atom stereocenters. The van der Waals surface area contributed by atoms with Gasteiger partial charge in [-0.3, -0.25) is 0 Å². The minimum absolute atomic E-state index is 0.245. The number of imidazole rings is 1. The van der Waals surface area contributed by atoms with Crippen LogP contribution in [0.4, 0.5) is 0 Å². The van der Waals surface area contributed by atoms with Gasteiger partial charge >= 0.3 is 0 Å². The number of aryl methyl sites for hydroxylation is 1. The minimum atomic E-state index is -0.245. The second kappa shape index (κ2) is 6.60. The zero-order valence-corrected chi connectivity index (χ0v) is 10.6. The predicted octanol–water partition coefficient (Wildman–Crippen LogP) is 1.60. The third-order valence-corrected chi connectivity index (χ3v) is 2.62. The van der Waals surface area contributed by atoms with Crippen LogP contribution in [0.5, 0.6) is 0 Å². The summed E-state index contributed by atoms with van der Waals surface area (Å²) in [5.74, 6) is 1.01. The van der Waals surface area contributed by atoms with E-state index in [-0.39, 0.29) is 6.04 Å². The molecule has 0 fully saturated rings. The van der Waals surface area contributed by atoms with Crippen LogP contribution in [0, 0.1) is 0 Å². The number of hydrogen-bond acceptors (Lipinski definition) is 4. The van der Waals surface area contributed by atoms with Gasteiger partial charge in [0.2, 0.25) is 0 Å². The smallest absolute Gasteiger partial charge is 0.176 e. The van der Waals surface area contributed by atoms with E-state index in [4.69, 9.17) is 22.7 Å². The van der Waals surface area contributed by atoms with Crippen molar-refractivity contribution >= 4 is 17.3 Å². The number of rotatable bonds is 6. The molecular formula is C11H19N3OS. The molecular weight excluding hydrogens is 222 g/mol. The number of H-pyrrole nitrogens is 1. The summed E-state index contributed by atoms with van der Waals surface area (Å²) in [6, 6.07) is -0.245. The van der Waals surface area contributed by atoms with Crippen LogP contribution >= 0.6 is 12.2 Å². The third-order valence-electron chi connectivity index (χ3n) is 2.20. The highest BCUT2D eigenvalue weighted by molar-refractivity contribution is 7.80. The summed E-state index contributed by atoms with van der Waals surface area (Å²) in [7, 11) is 0. The largest absolute Gasteiger partial charge is 0.486 e. The van der Waals surface area contributed by atoms with Crippen LogP contribution in [-0.2, 0) is 17.6 Å². The van der Waals surface area contributed by atoms with Crippen LogP contribution in [0.1, 0.15) is 31.8 Å². The van der Waals surface area contributed by atoms with Crippen LogP contribution in [-0.4, -0.2) is 27.7 Å². The molecule has 0 spiro atoms. The Morgan fingerprint density at radius 3 is 3.00 bits per heavy atom. The first-order valence-electron chi connectivity index (χ1n) is 5.62. The second-order valence-electron chi connectivity index (χ2n) is 3.67. The van der Waals surface area contributed by atoms with Crippen molar-refractivity contribution < 1.29 is 4.74 Å². The highest BCUT2D eigenvalue weighted by atomic mass is 32.1. The lowest BCUT2D eigenvalue weighted by atomic mass is 10.2. The van der Waals surface area contributed by atoms with Gasteiger partial charge in [0.05, 0.1) is 12.6 Å². The molecule has 1 heterocycles. The molecule has 5 heteroatoms. The topological polar surface area (TPSA) is 63.9 Å². The quantitative estimate of drug-likeness (QED) is 0.742. The summed E-state index contributed by atoms with van der Waals surface area (Å²) in [4.78, 5) is 7.50. The zero-order chi connectivity index (χ0) is 12.0. The number of aromatic amines is 1. The molecule has 0 aliphatic carbocycles. The molecule has 90 valence electrons. The summed E-state index contributed by atoms with van der Waals surface area (Å²) in [6.07, 6.45) is 4.51. The number of thiocarbonyl (C=S) groups is 1. The average Bonchev–Trinajstić information content (AvgIpc) is 2.66. The van der Waals surface area contributed by atoms with Gasteiger partial charge in [-0.25, -0.2) is 4.98 Å². The van der Waals surface area contributed by atoms with Gasteiger partial charge in [-0.1, -0.05) is 6.92 Å². The standard InChI is InChI=1S/C11H19N3OS/c1-3-5-10-13-7-8(14-10)6-9(12)11(16)15-4-2/h7,9H,3-6,12H2,1-2H3,(H,13,14)/t9-/m0/s1. The maximum Gasteiger partial charge on any atom is 0.176 e. The Balaban J connectivity index is 2.48. The number of nitrogens with two attached hydrogens (primary N) is 1. The van der Waals surface area contributed by atoms with Gasteiger partial charge < -0.3 is 15.5 Å². The average molecular weight is 241 g/mol. The highest BCUT2D eigenvalue weighted by Crippen LogP contribution is 2.04. The Morgan fingerprint density at radius 2 is 2.38 bits per heavy atom. The summed E-state index contributed by atoms with van der Waals surface area (Å²) >= 11 is 5.05. The molecule has 0 saturated carbocycles. The summed E-state index contributed by atoms with van der Waals surface area (Å²) in [6.45, 7) is 4.59. The maximum atomic E-state index is 5.90. The number of nitrogens with one attached hydrogen (secondary N) is 1. The number of nitrogens with zero attached hydrogens (tertiary/aromatic N) is 1. The summed E-state index contributed by atoms with van der Waals surface area (Å²) in [5.41, 5.74) is 6.92. The normalized spacial score (nSPS) is 12.4. The van der Waals surface area contributed by atoms with Crippen molar-refractivity contribution in [3.05, 3.63) is 17.7 Å². The Labute approximate surface area is 102 Å². The van der Waals surface area contributed by atoms with Gasteiger partial charge in [0, 0.05) is 24.7 Å².